The van der Waals surface area contributed by atoms with E-state index in [1.807, 2.05) is 63.4 Å². The molecule has 2 aromatic rings. The van der Waals surface area contributed by atoms with Gasteiger partial charge >= 0.3 is 0 Å². The Morgan fingerprint density at radius 2 is 1.75 bits per heavy atom. The van der Waals surface area contributed by atoms with Crippen molar-refractivity contribution in [2.45, 2.75) is 33.1 Å². The van der Waals surface area contributed by atoms with Gasteiger partial charge in [-0.1, -0.05) is 50.2 Å². The fourth-order valence-electron chi connectivity index (χ4n) is 3.82. The van der Waals surface area contributed by atoms with Gasteiger partial charge in [-0.3, -0.25) is 4.79 Å². The van der Waals surface area contributed by atoms with Crippen LogP contribution >= 0.6 is 0 Å². The zero-order valence-electron chi connectivity index (χ0n) is 17.0. The lowest BCUT2D eigenvalue weighted by molar-refractivity contribution is -0.112. The number of aryl methyl sites for hydroxylation is 2. The monoisotopic (exact) mass is 371 g/mol. The molecule has 0 bridgehead atoms. The van der Waals surface area contributed by atoms with Gasteiger partial charge < -0.3 is 10.2 Å². The summed E-state index contributed by atoms with van der Waals surface area (Å²) in [4.78, 5) is 14.8. The minimum atomic E-state index is -0.396. The number of nitrogens with zero attached hydrogens (tertiary/aromatic N) is 2. The molecule has 4 nitrogen and oxygen atoms in total. The Morgan fingerprint density at radius 1 is 1.11 bits per heavy atom. The lowest BCUT2D eigenvalue weighted by Crippen LogP contribution is -2.22. The molecule has 3 rings (SSSR count). The molecule has 1 amide bonds. The molecule has 0 fully saturated rings. The van der Waals surface area contributed by atoms with E-state index in [1.165, 1.54) is 5.56 Å². The number of hydrogen-bond donors (Lipinski definition) is 1. The third-order valence-electron chi connectivity index (χ3n) is 5.43. The van der Waals surface area contributed by atoms with Crippen molar-refractivity contribution in [3.05, 3.63) is 82.6 Å². The van der Waals surface area contributed by atoms with E-state index in [9.17, 15) is 10.1 Å². The minimum absolute atomic E-state index is 0.0790. The third kappa shape index (κ3) is 3.32. The van der Waals surface area contributed by atoms with E-state index in [0.717, 1.165) is 28.2 Å². The van der Waals surface area contributed by atoms with Crippen molar-refractivity contribution in [2.24, 2.45) is 0 Å². The minimum Gasteiger partial charge on any atom is -0.347 e. The van der Waals surface area contributed by atoms with E-state index < -0.39 is 5.91 Å². The fourth-order valence-corrected chi connectivity index (χ4v) is 3.82. The van der Waals surface area contributed by atoms with Gasteiger partial charge in [0.15, 0.2) is 0 Å². The predicted octanol–water partition coefficient (Wildman–Crippen LogP) is 5.00. The maximum Gasteiger partial charge on any atom is 0.266 e. The molecule has 0 atom stereocenters. The number of likely N-dealkylation sites (N-methyl/N-ethyl adjacent to an activating group) is 1. The number of benzene rings is 2. The standard InChI is InChI=1S/C24H25N3O/c1-16-9-8-10-17(2)22(16)26-23(28)18(15-25)13-14-21-24(3,4)19-11-6-7-12-20(19)27(21)5/h6-14H,1-5H3,(H,26,28)/b18-13+,21-14-. The van der Waals surface area contributed by atoms with Gasteiger partial charge in [0.1, 0.15) is 11.6 Å². The molecule has 1 N–H and O–H groups in total. The topological polar surface area (TPSA) is 56.1 Å². The number of allylic oxidation sites excluding steroid dienone is 3. The molecule has 0 saturated heterocycles. The molecule has 2 aromatic carbocycles. The van der Waals surface area contributed by atoms with Crippen LogP contribution in [0.3, 0.4) is 0 Å². The van der Waals surface area contributed by atoms with Gasteiger partial charge in [0.05, 0.1) is 0 Å². The maximum atomic E-state index is 12.7. The molecule has 1 heterocycles. The number of nitriles is 1. The molecule has 1 aliphatic rings. The summed E-state index contributed by atoms with van der Waals surface area (Å²) in [5.41, 5.74) is 5.99. The van der Waals surface area contributed by atoms with Crippen LogP contribution in [0.15, 0.2) is 65.9 Å². The van der Waals surface area contributed by atoms with Gasteiger partial charge in [-0.2, -0.15) is 5.26 Å². The van der Waals surface area contributed by atoms with Crippen LogP contribution in [-0.2, 0) is 10.2 Å². The Labute approximate surface area is 166 Å². The summed E-state index contributed by atoms with van der Waals surface area (Å²) in [6.45, 7) is 8.18. The van der Waals surface area contributed by atoms with Crippen molar-refractivity contribution < 1.29 is 4.79 Å². The van der Waals surface area contributed by atoms with Crippen molar-refractivity contribution in [1.29, 1.82) is 5.26 Å². The van der Waals surface area contributed by atoms with Crippen LogP contribution in [0.1, 0.15) is 30.5 Å². The summed E-state index contributed by atoms with van der Waals surface area (Å²) < 4.78 is 0. The molecule has 0 aromatic heterocycles. The average Bonchev–Trinajstić information content (AvgIpc) is 2.86. The van der Waals surface area contributed by atoms with E-state index in [2.05, 4.69) is 36.2 Å². The second-order valence-electron chi connectivity index (χ2n) is 7.67. The number of amides is 1. The molecule has 0 unspecified atom stereocenters. The summed E-state index contributed by atoms with van der Waals surface area (Å²) in [5, 5.41) is 12.4. The normalized spacial score (nSPS) is 16.6. The average molecular weight is 371 g/mol. The first-order valence-electron chi connectivity index (χ1n) is 9.30. The number of fused-ring (bicyclic) bond motifs is 1. The predicted molar refractivity (Wildman–Crippen MR) is 114 cm³/mol. The largest absolute Gasteiger partial charge is 0.347 e. The summed E-state index contributed by atoms with van der Waals surface area (Å²) in [6.07, 6.45) is 3.49. The second kappa shape index (κ2) is 7.36. The van der Waals surface area contributed by atoms with Gasteiger partial charge in [-0.25, -0.2) is 0 Å². The van der Waals surface area contributed by atoms with Crippen LogP contribution in [-0.4, -0.2) is 13.0 Å². The van der Waals surface area contributed by atoms with Crippen molar-refractivity contribution in [3.8, 4) is 6.07 Å². The van der Waals surface area contributed by atoms with E-state index in [4.69, 9.17) is 0 Å². The zero-order valence-corrected chi connectivity index (χ0v) is 17.0. The van der Waals surface area contributed by atoms with E-state index in [0.29, 0.717) is 0 Å². The van der Waals surface area contributed by atoms with Crippen LogP contribution in [0.2, 0.25) is 0 Å². The van der Waals surface area contributed by atoms with Crippen molar-refractivity contribution >= 4 is 17.3 Å². The molecular weight excluding hydrogens is 346 g/mol. The van der Waals surface area contributed by atoms with Gasteiger partial charge in [0.2, 0.25) is 0 Å². The van der Waals surface area contributed by atoms with Crippen LogP contribution in [0, 0.1) is 25.2 Å². The zero-order chi connectivity index (χ0) is 20.5. The van der Waals surface area contributed by atoms with Gasteiger partial charge in [0.25, 0.3) is 5.91 Å². The van der Waals surface area contributed by atoms with Crippen LogP contribution < -0.4 is 10.2 Å². The molecule has 0 radical (unpaired) electrons. The molecule has 0 aliphatic carbocycles. The number of anilines is 2. The SMILES string of the molecule is Cc1cccc(C)c1NC(=O)/C(C#N)=C/C=C1\N(C)c2ccccc2C1(C)C. The molecule has 0 spiro atoms. The third-order valence-corrected chi connectivity index (χ3v) is 5.43. The summed E-state index contributed by atoms with van der Waals surface area (Å²) in [7, 11) is 2.01. The number of hydrogen-bond acceptors (Lipinski definition) is 3. The summed E-state index contributed by atoms with van der Waals surface area (Å²) >= 11 is 0. The Kier molecular flexibility index (Phi) is 5.11. The Morgan fingerprint density at radius 3 is 2.36 bits per heavy atom. The lowest BCUT2D eigenvalue weighted by atomic mass is 9.83. The number of carbonyl (C=O) groups is 1. The van der Waals surface area contributed by atoms with Gasteiger partial charge in [-0.05, 0) is 48.8 Å². The number of nitrogens with one attached hydrogen (secondary N) is 1. The molecule has 142 valence electrons. The Hall–Kier alpha value is -3.32. The Balaban J connectivity index is 1.92. The van der Waals surface area contributed by atoms with Gasteiger partial charge in [0, 0.05) is 29.5 Å². The number of para-hydroxylation sites is 2. The molecule has 28 heavy (non-hydrogen) atoms. The molecular formula is C24H25N3O. The van der Waals surface area contributed by atoms with Crippen LogP contribution in [0.25, 0.3) is 0 Å². The van der Waals surface area contributed by atoms with E-state index in [-0.39, 0.29) is 11.0 Å². The molecule has 1 aliphatic heterocycles. The highest BCUT2D eigenvalue weighted by Crippen LogP contribution is 2.46. The van der Waals surface area contributed by atoms with Crippen molar-refractivity contribution in [3.63, 3.8) is 0 Å². The second-order valence-corrected chi connectivity index (χ2v) is 7.67. The Bertz CT molecular complexity index is 1020. The first-order valence-corrected chi connectivity index (χ1v) is 9.30. The highest BCUT2D eigenvalue weighted by atomic mass is 16.1. The highest BCUT2D eigenvalue weighted by molar-refractivity contribution is 6.07. The van der Waals surface area contributed by atoms with Crippen molar-refractivity contribution in [1.82, 2.24) is 0 Å². The van der Waals surface area contributed by atoms with Crippen LogP contribution in [0.4, 0.5) is 11.4 Å². The first-order chi connectivity index (χ1) is 13.3. The molecule has 4 heteroatoms. The summed E-state index contributed by atoms with van der Waals surface area (Å²) in [6, 6.07) is 16.1. The van der Waals surface area contributed by atoms with Gasteiger partial charge in [-0.15, -0.1) is 0 Å². The molecule has 0 saturated carbocycles. The van der Waals surface area contributed by atoms with Crippen LogP contribution in [0.5, 0.6) is 0 Å². The smallest absolute Gasteiger partial charge is 0.266 e. The van der Waals surface area contributed by atoms with E-state index in [1.54, 1.807) is 6.08 Å². The number of carbonyl (C=O) groups excluding carboxylic acids is 1. The van der Waals surface area contributed by atoms with Crippen molar-refractivity contribution in [2.75, 3.05) is 17.3 Å². The fraction of sp³-hybridized carbons (Fsp3) is 0.250. The lowest BCUT2D eigenvalue weighted by Gasteiger charge is -2.23. The highest BCUT2D eigenvalue weighted by Gasteiger charge is 2.37. The number of rotatable bonds is 3. The first kappa shape index (κ1) is 19.4. The quantitative estimate of drug-likeness (QED) is 0.610. The maximum absolute atomic E-state index is 12.7. The van der Waals surface area contributed by atoms with E-state index >= 15 is 0 Å². The summed E-state index contributed by atoms with van der Waals surface area (Å²) in [5.74, 6) is -0.396.